The second kappa shape index (κ2) is 6.95. The third-order valence-electron chi connectivity index (χ3n) is 3.47. The van der Waals surface area contributed by atoms with E-state index in [1.807, 2.05) is 0 Å². The number of halogens is 3. The van der Waals surface area contributed by atoms with Crippen molar-refractivity contribution in [1.29, 1.82) is 0 Å². The molecule has 0 radical (unpaired) electrons. The van der Waals surface area contributed by atoms with Crippen molar-refractivity contribution in [3.63, 3.8) is 0 Å². The number of nitrogens with zero attached hydrogens (tertiary/aromatic N) is 1. The molecule has 3 N–H and O–H groups in total. The van der Waals surface area contributed by atoms with Crippen LogP contribution in [-0.4, -0.2) is 29.7 Å². The van der Waals surface area contributed by atoms with E-state index in [0.717, 1.165) is 19.3 Å². The summed E-state index contributed by atoms with van der Waals surface area (Å²) in [7, 11) is 0. The molecule has 5 nitrogen and oxygen atoms in total. The van der Waals surface area contributed by atoms with Crippen LogP contribution < -0.4 is 15.8 Å². The third kappa shape index (κ3) is 5.18. The summed E-state index contributed by atoms with van der Waals surface area (Å²) in [5, 5.41) is 2.70. The van der Waals surface area contributed by atoms with Crippen molar-refractivity contribution in [3.8, 4) is 5.88 Å². The Morgan fingerprint density at radius 2 is 2.18 bits per heavy atom. The summed E-state index contributed by atoms with van der Waals surface area (Å²) in [5.74, 6) is -0.416. The standard InChI is InChI=1S/C14H18F3N3O2/c15-14(16,17)8-22-12-5-4-11(7-19-12)20-13(21)9-2-1-3-10(18)6-9/h4-5,7,9-10H,1-3,6,8,18H2,(H,20,21). The minimum Gasteiger partial charge on any atom is -0.468 e. The van der Waals surface area contributed by atoms with Gasteiger partial charge < -0.3 is 15.8 Å². The summed E-state index contributed by atoms with van der Waals surface area (Å²) in [4.78, 5) is 15.8. The Labute approximate surface area is 126 Å². The Bertz CT molecular complexity index is 505. The first-order valence-electron chi connectivity index (χ1n) is 7.05. The normalized spacial score (nSPS) is 22.2. The largest absolute Gasteiger partial charge is 0.468 e. The molecule has 0 aromatic carbocycles. The SMILES string of the molecule is NC1CCCC(C(=O)Nc2ccc(OCC(F)(F)F)nc2)C1. The fourth-order valence-corrected chi connectivity index (χ4v) is 2.41. The van der Waals surface area contributed by atoms with Crippen molar-refractivity contribution in [1.82, 2.24) is 4.98 Å². The van der Waals surface area contributed by atoms with Gasteiger partial charge in [0.2, 0.25) is 11.8 Å². The molecule has 2 rings (SSSR count). The number of hydrogen-bond acceptors (Lipinski definition) is 4. The lowest BCUT2D eigenvalue weighted by Crippen LogP contribution is -2.34. The van der Waals surface area contributed by atoms with E-state index in [-0.39, 0.29) is 23.7 Å². The fraction of sp³-hybridized carbons (Fsp3) is 0.571. The molecule has 22 heavy (non-hydrogen) atoms. The Hall–Kier alpha value is -1.83. The van der Waals surface area contributed by atoms with Gasteiger partial charge in [0.1, 0.15) is 0 Å². The number of ether oxygens (including phenoxy) is 1. The lowest BCUT2D eigenvalue weighted by molar-refractivity contribution is -0.154. The molecule has 1 saturated carbocycles. The summed E-state index contributed by atoms with van der Waals surface area (Å²) in [6.45, 7) is -1.40. The molecule has 1 aromatic heterocycles. The van der Waals surface area contributed by atoms with Gasteiger partial charge in [-0.05, 0) is 25.3 Å². The summed E-state index contributed by atoms with van der Waals surface area (Å²) < 4.78 is 40.5. The smallest absolute Gasteiger partial charge is 0.422 e. The van der Waals surface area contributed by atoms with Gasteiger partial charge in [-0.2, -0.15) is 13.2 Å². The van der Waals surface area contributed by atoms with Crippen molar-refractivity contribution in [3.05, 3.63) is 18.3 Å². The summed E-state index contributed by atoms with van der Waals surface area (Å²) in [5.41, 5.74) is 6.26. The van der Waals surface area contributed by atoms with Crippen molar-refractivity contribution in [2.24, 2.45) is 11.7 Å². The van der Waals surface area contributed by atoms with E-state index < -0.39 is 12.8 Å². The average Bonchev–Trinajstić information content (AvgIpc) is 2.46. The zero-order valence-electron chi connectivity index (χ0n) is 11.9. The molecule has 0 saturated heterocycles. The number of alkyl halides is 3. The molecule has 1 amide bonds. The maximum absolute atomic E-state index is 12.1. The Morgan fingerprint density at radius 1 is 1.41 bits per heavy atom. The Morgan fingerprint density at radius 3 is 2.77 bits per heavy atom. The van der Waals surface area contributed by atoms with Gasteiger partial charge in [0.25, 0.3) is 0 Å². The van der Waals surface area contributed by atoms with E-state index >= 15 is 0 Å². The van der Waals surface area contributed by atoms with Gasteiger partial charge in [-0.25, -0.2) is 4.98 Å². The van der Waals surface area contributed by atoms with Crippen LogP contribution in [0.25, 0.3) is 0 Å². The molecular formula is C14H18F3N3O2. The molecule has 1 aromatic rings. The number of hydrogen-bond donors (Lipinski definition) is 2. The second-order valence-electron chi connectivity index (χ2n) is 5.40. The highest BCUT2D eigenvalue weighted by molar-refractivity contribution is 5.92. The van der Waals surface area contributed by atoms with Crippen molar-refractivity contribution in [2.45, 2.75) is 37.9 Å². The number of carbonyl (C=O) groups excluding carboxylic acids is 1. The van der Waals surface area contributed by atoms with E-state index in [1.165, 1.54) is 18.3 Å². The van der Waals surface area contributed by atoms with Gasteiger partial charge in [-0.15, -0.1) is 0 Å². The van der Waals surface area contributed by atoms with Crippen LogP contribution in [0.15, 0.2) is 18.3 Å². The molecule has 122 valence electrons. The van der Waals surface area contributed by atoms with Crippen LogP contribution in [0.4, 0.5) is 18.9 Å². The van der Waals surface area contributed by atoms with Gasteiger partial charge in [-0.3, -0.25) is 4.79 Å². The number of amides is 1. The number of anilines is 1. The van der Waals surface area contributed by atoms with Gasteiger partial charge in [0.05, 0.1) is 11.9 Å². The van der Waals surface area contributed by atoms with Gasteiger partial charge in [0, 0.05) is 18.0 Å². The topological polar surface area (TPSA) is 77.2 Å². The summed E-state index contributed by atoms with van der Waals surface area (Å²) in [6.07, 6.45) is 0.144. The molecule has 8 heteroatoms. The molecular weight excluding hydrogens is 299 g/mol. The monoisotopic (exact) mass is 317 g/mol. The zero-order valence-corrected chi connectivity index (χ0v) is 11.9. The van der Waals surface area contributed by atoms with E-state index in [0.29, 0.717) is 12.1 Å². The van der Waals surface area contributed by atoms with Crippen LogP contribution in [0.3, 0.4) is 0 Å². The lowest BCUT2D eigenvalue weighted by Gasteiger charge is -2.25. The summed E-state index contributed by atoms with van der Waals surface area (Å²) in [6, 6.07) is 2.79. The number of nitrogens with two attached hydrogens (primary N) is 1. The van der Waals surface area contributed by atoms with Crippen molar-refractivity contribution in [2.75, 3.05) is 11.9 Å². The molecule has 1 aliphatic carbocycles. The maximum atomic E-state index is 12.1. The second-order valence-corrected chi connectivity index (χ2v) is 5.40. The Balaban J connectivity index is 1.86. The average molecular weight is 317 g/mol. The Kier molecular flexibility index (Phi) is 5.23. The number of aromatic nitrogens is 1. The molecule has 0 aliphatic heterocycles. The number of nitrogens with one attached hydrogen (secondary N) is 1. The van der Waals surface area contributed by atoms with E-state index in [9.17, 15) is 18.0 Å². The lowest BCUT2D eigenvalue weighted by atomic mass is 9.85. The number of pyridine rings is 1. The highest BCUT2D eigenvalue weighted by Crippen LogP contribution is 2.25. The molecule has 2 atom stereocenters. The third-order valence-corrected chi connectivity index (χ3v) is 3.47. The molecule has 1 heterocycles. The highest BCUT2D eigenvalue weighted by Gasteiger charge is 2.28. The molecule has 0 spiro atoms. The predicted octanol–water partition coefficient (Wildman–Crippen LogP) is 2.48. The van der Waals surface area contributed by atoms with Crippen LogP contribution in [0.2, 0.25) is 0 Å². The van der Waals surface area contributed by atoms with Crippen molar-refractivity contribution >= 4 is 11.6 Å². The first-order chi connectivity index (χ1) is 10.3. The van der Waals surface area contributed by atoms with E-state index in [1.54, 1.807) is 0 Å². The van der Waals surface area contributed by atoms with E-state index in [2.05, 4.69) is 15.0 Å². The van der Waals surface area contributed by atoms with Gasteiger partial charge in [0.15, 0.2) is 6.61 Å². The number of rotatable bonds is 4. The molecule has 0 bridgehead atoms. The maximum Gasteiger partial charge on any atom is 0.422 e. The first kappa shape index (κ1) is 16.5. The van der Waals surface area contributed by atoms with Crippen LogP contribution in [0, 0.1) is 5.92 Å². The van der Waals surface area contributed by atoms with Crippen LogP contribution in [0.5, 0.6) is 5.88 Å². The zero-order chi connectivity index (χ0) is 16.2. The fourth-order valence-electron chi connectivity index (χ4n) is 2.41. The van der Waals surface area contributed by atoms with Crippen LogP contribution in [0.1, 0.15) is 25.7 Å². The number of carbonyl (C=O) groups is 1. The van der Waals surface area contributed by atoms with Gasteiger partial charge >= 0.3 is 6.18 Å². The first-order valence-corrected chi connectivity index (χ1v) is 7.05. The van der Waals surface area contributed by atoms with E-state index in [4.69, 9.17) is 5.73 Å². The van der Waals surface area contributed by atoms with Gasteiger partial charge in [-0.1, -0.05) is 6.42 Å². The minimum atomic E-state index is -4.41. The van der Waals surface area contributed by atoms with Crippen LogP contribution >= 0.6 is 0 Å². The minimum absolute atomic E-state index is 0.0424. The summed E-state index contributed by atoms with van der Waals surface area (Å²) >= 11 is 0. The highest BCUT2D eigenvalue weighted by atomic mass is 19.4. The van der Waals surface area contributed by atoms with Crippen molar-refractivity contribution < 1.29 is 22.7 Å². The predicted molar refractivity (Wildman–Crippen MR) is 74.4 cm³/mol. The molecule has 1 aliphatic rings. The molecule has 2 unspecified atom stereocenters. The quantitative estimate of drug-likeness (QED) is 0.894. The molecule has 1 fully saturated rings. The van der Waals surface area contributed by atoms with Crippen LogP contribution in [-0.2, 0) is 4.79 Å².